The molecule has 1 aliphatic rings. The predicted molar refractivity (Wildman–Crippen MR) is 67.5 cm³/mol. The first-order valence-electron chi connectivity index (χ1n) is 6.18. The lowest BCUT2D eigenvalue weighted by molar-refractivity contribution is 0.225. The molecule has 2 heterocycles. The number of ether oxygens (including phenoxy) is 1. The van der Waals surface area contributed by atoms with Crippen molar-refractivity contribution >= 4 is 0 Å². The lowest BCUT2D eigenvalue weighted by Gasteiger charge is -2.10. The SMILES string of the molecule is Cc1ccc2c(c1)CC(CNCc1ccno1)O2. The molecule has 0 spiro atoms. The molecule has 1 unspecified atom stereocenters. The number of aryl methyl sites for hydroxylation is 1. The zero-order chi connectivity index (χ0) is 12.4. The van der Waals surface area contributed by atoms with Gasteiger partial charge in [0.25, 0.3) is 0 Å². The first kappa shape index (κ1) is 11.3. The van der Waals surface area contributed by atoms with Crippen LogP contribution < -0.4 is 10.1 Å². The summed E-state index contributed by atoms with van der Waals surface area (Å²) in [6.07, 6.45) is 2.84. The van der Waals surface area contributed by atoms with Crippen LogP contribution in [0.25, 0.3) is 0 Å². The highest BCUT2D eigenvalue weighted by Crippen LogP contribution is 2.29. The maximum Gasteiger partial charge on any atom is 0.150 e. The number of nitrogens with zero attached hydrogens (tertiary/aromatic N) is 1. The normalized spacial score (nSPS) is 17.5. The molecule has 1 aliphatic heterocycles. The van der Waals surface area contributed by atoms with Gasteiger partial charge in [-0.2, -0.15) is 0 Å². The molecule has 4 nitrogen and oxygen atoms in total. The van der Waals surface area contributed by atoms with Crippen molar-refractivity contribution in [2.24, 2.45) is 0 Å². The van der Waals surface area contributed by atoms with Crippen molar-refractivity contribution in [1.29, 1.82) is 0 Å². The van der Waals surface area contributed by atoms with E-state index in [1.807, 2.05) is 6.07 Å². The summed E-state index contributed by atoms with van der Waals surface area (Å²) in [5.74, 6) is 1.87. The Bertz CT molecular complexity index is 523. The summed E-state index contributed by atoms with van der Waals surface area (Å²) in [7, 11) is 0. The van der Waals surface area contributed by atoms with E-state index in [-0.39, 0.29) is 6.10 Å². The lowest BCUT2D eigenvalue weighted by Crippen LogP contribution is -2.29. The summed E-state index contributed by atoms with van der Waals surface area (Å²) in [4.78, 5) is 0. The summed E-state index contributed by atoms with van der Waals surface area (Å²) in [5, 5.41) is 6.99. The van der Waals surface area contributed by atoms with Gasteiger partial charge in [0, 0.05) is 19.0 Å². The summed E-state index contributed by atoms with van der Waals surface area (Å²) >= 11 is 0. The quantitative estimate of drug-likeness (QED) is 0.894. The molecule has 94 valence electrons. The number of fused-ring (bicyclic) bond motifs is 1. The van der Waals surface area contributed by atoms with Crippen LogP contribution in [0, 0.1) is 6.92 Å². The molecule has 1 N–H and O–H groups in total. The Morgan fingerprint density at radius 1 is 1.39 bits per heavy atom. The smallest absolute Gasteiger partial charge is 0.150 e. The summed E-state index contributed by atoms with van der Waals surface area (Å²) in [6, 6.07) is 8.21. The van der Waals surface area contributed by atoms with Crippen molar-refractivity contribution in [3.05, 3.63) is 47.3 Å². The molecule has 0 amide bonds. The number of rotatable bonds is 4. The highest BCUT2D eigenvalue weighted by molar-refractivity contribution is 5.40. The number of hydrogen-bond donors (Lipinski definition) is 1. The van der Waals surface area contributed by atoms with Crippen LogP contribution in [0.4, 0.5) is 0 Å². The molecule has 4 heteroatoms. The van der Waals surface area contributed by atoms with Gasteiger partial charge in [-0.15, -0.1) is 0 Å². The topological polar surface area (TPSA) is 47.3 Å². The predicted octanol–water partition coefficient (Wildman–Crippen LogP) is 2.08. The maximum absolute atomic E-state index is 5.87. The van der Waals surface area contributed by atoms with Crippen LogP contribution in [0.5, 0.6) is 5.75 Å². The fourth-order valence-electron chi connectivity index (χ4n) is 2.25. The van der Waals surface area contributed by atoms with Gasteiger partial charge < -0.3 is 14.6 Å². The molecule has 0 fully saturated rings. The van der Waals surface area contributed by atoms with Gasteiger partial charge in [0.2, 0.25) is 0 Å². The number of hydrogen-bond acceptors (Lipinski definition) is 4. The van der Waals surface area contributed by atoms with E-state index in [2.05, 4.69) is 35.6 Å². The average molecular weight is 244 g/mol. The summed E-state index contributed by atoms with van der Waals surface area (Å²) in [5.41, 5.74) is 2.59. The molecule has 1 atom stereocenters. The zero-order valence-electron chi connectivity index (χ0n) is 10.3. The number of benzene rings is 1. The van der Waals surface area contributed by atoms with Crippen LogP contribution >= 0.6 is 0 Å². The Hall–Kier alpha value is -1.81. The highest BCUT2D eigenvalue weighted by atomic mass is 16.5. The molecular formula is C14H16N2O2. The fraction of sp³-hybridized carbons (Fsp3) is 0.357. The van der Waals surface area contributed by atoms with E-state index in [0.29, 0.717) is 6.54 Å². The first-order chi connectivity index (χ1) is 8.81. The Kier molecular flexibility index (Phi) is 3.02. The minimum Gasteiger partial charge on any atom is -0.488 e. The zero-order valence-corrected chi connectivity index (χ0v) is 10.3. The van der Waals surface area contributed by atoms with Crippen LogP contribution in [-0.4, -0.2) is 17.8 Å². The average Bonchev–Trinajstić information content (AvgIpc) is 2.97. The van der Waals surface area contributed by atoms with E-state index in [9.17, 15) is 0 Å². The van der Waals surface area contributed by atoms with E-state index in [1.165, 1.54) is 11.1 Å². The Labute approximate surface area is 106 Å². The minimum atomic E-state index is 0.213. The monoisotopic (exact) mass is 244 g/mol. The molecule has 0 saturated carbocycles. The maximum atomic E-state index is 5.87. The molecule has 2 aromatic rings. The van der Waals surface area contributed by atoms with Crippen molar-refractivity contribution < 1.29 is 9.26 Å². The third-order valence-electron chi connectivity index (χ3n) is 3.12. The second-order valence-electron chi connectivity index (χ2n) is 4.66. The van der Waals surface area contributed by atoms with Gasteiger partial charge >= 0.3 is 0 Å². The first-order valence-corrected chi connectivity index (χ1v) is 6.18. The fourth-order valence-corrected chi connectivity index (χ4v) is 2.25. The molecule has 1 aromatic carbocycles. The highest BCUT2D eigenvalue weighted by Gasteiger charge is 2.22. The summed E-state index contributed by atoms with van der Waals surface area (Å²) < 4.78 is 10.9. The van der Waals surface area contributed by atoms with Crippen LogP contribution in [0.1, 0.15) is 16.9 Å². The third-order valence-corrected chi connectivity index (χ3v) is 3.12. The number of nitrogens with one attached hydrogen (secondary N) is 1. The minimum absolute atomic E-state index is 0.213. The van der Waals surface area contributed by atoms with E-state index < -0.39 is 0 Å². The molecule has 0 bridgehead atoms. The largest absolute Gasteiger partial charge is 0.488 e. The van der Waals surface area contributed by atoms with E-state index in [1.54, 1.807) is 6.20 Å². The van der Waals surface area contributed by atoms with Crippen LogP contribution in [0.2, 0.25) is 0 Å². The van der Waals surface area contributed by atoms with Crippen LogP contribution in [0.15, 0.2) is 35.0 Å². The Morgan fingerprint density at radius 3 is 3.17 bits per heavy atom. The molecule has 0 aliphatic carbocycles. The van der Waals surface area contributed by atoms with Crippen molar-refractivity contribution in [3.8, 4) is 5.75 Å². The molecule has 0 radical (unpaired) electrons. The molecule has 1 aromatic heterocycles. The van der Waals surface area contributed by atoms with Gasteiger partial charge in [-0.1, -0.05) is 22.9 Å². The Morgan fingerprint density at radius 2 is 2.33 bits per heavy atom. The van der Waals surface area contributed by atoms with Gasteiger partial charge in [-0.3, -0.25) is 0 Å². The standard InChI is InChI=1S/C14H16N2O2/c1-10-2-3-14-11(6-10)7-13(17-14)9-15-8-12-4-5-16-18-12/h2-6,13,15H,7-9H2,1H3. The van der Waals surface area contributed by atoms with E-state index in [4.69, 9.17) is 9.26 Å². The summed E-state index contributed by atoms with van der Waals surface area (Å²) in [6.45, 7) is 3.61. The van der Waals surface area contributed by atoms with Crippen LogP contribution in [-0.2, 0) is 13.0 Å². The van der Waals surface area contributed by atoms with Crippen molar-refractivity contribution in [3.63, 3.8) is 0 Å². The van der Waals surface area contributed by atoms with Gasteiger partial charge in [0.05, 0.1) is 12.7 Å². The van der Waals surface area contributed by atoms with Crippen molar-refractivity contribution in [2.75, 3.05) is 6.54 Å². The van der Waals surface area contributed by atoms with E-state index >= 15 is 0 Å². The Balaban J connectivity index is 1.52. The van der Waals surface area contributed by atoms with Crippen molar-refractivity contribution in [2.45, 2.75) is 26.0 Å². The van der Waals surface area contributed by atoms with Gasteiger partial charge in [0.15, 0.2) is 0 Å². The molecular weight excluding hydrogens is 228 g/mol. The molecule has 0 saturated heterocycles. The van der Waals surface area contributed by atoms with Gasteiger partial charge in [-0.25, -0.2) is 0 Å². The van der Waals surface area contributed by atoms with Crippen molar-refractivity contribution in [1.82, 2.24) is 10.5 Å². The lowest BCUT2D eigenvalue weighted by atomic mass is 10.1. The van der Waals surface area contributed by atoms with E-state index in [0.717, 1.165) is 24.5 Å². The third kappa shape index (κ3) is 2.38. The second-order valence-corrected chi connectivity index (χ2v) is 4.66. The second kappa shape index (κ2) is 4.82. The van der Waals surface area contributed by atoms with Gasteiger partial charge in [0.1, 0.15) is 17.6 Å². The van der Waals surface area contributed by atoms with Crippen LogP contribution in [0.3, 0.4) is 0 Å². The molecule has 3 rings (SSSR count). The number of aromatic nitrogens is 1. The van der Waals surface area contributed by atoms with Gasteiger partial charge in [-0.05, 0) is 18.6 Å². The molecule has 18 heavy (non-hydrogen) atoms.